The predicted molar refractivity (Wildman–Crippen MR) is 122 cm³/mol. The molecule has 0 atom stereocenters. The van der Waals surface area contributed by atoms with Crippen molar-refractivity contribution >= 4 is 39.7 Å². The van der Waals surface area contributed by atoms with Crippen LogP contribution in [0.1, 0.15) is 28.9 Å². The van der Waals surface area contributed by atoms with Crippen LogP contribution in [0.4, 0.5) is 4.39 Å². The lowest BCUT2D eigenvalue weighted by Crippen LogP contribution is -2.38. The van der Waals surface area contributed by atoms with Gasteiger partial charge in [-0.15, -0.1) is 23.7 Å². The zero-order valence-corrected chi connectivity index (χ0v) is 18.2. The van der Waals surface area contributed by atoms with E-state index in [1.165, 1.54) is 42.7 Å². The fraction of sp³-hybridized carbons (Fsp3) is 0.348. The summed E-state index contributed by atoms with van der Waals surface area (Å²) in [6.07, 6.45) is 3.85. The number of likely N-dealkylation sites (tertiary alicyclic amines) is 1. The Morgan fingerprint density at radius 2 is 1.83 bits per heavy atom. The Kier molecular flexibility index (Phi) is 7.28. The Morgan fingerprint density at radius 3 is 2.55 bits per heavy atom. The van der Waals surface area contributed by atoms with E-state index in [1.807, 2.05) is 36.2 Å². The Labute approximate surface area is 181 Å². The molecule has 2 heterocycles. The van der Waals surface area contributed by atoms with E-state index >= 15 is 0 Å². The van der Waals surface area contributed by atoms with Gasteiger partial charge in [0.2, 0.25) is 0 Å². The van der Waals surface area contributed by atoms with Crippen molar-refractivity contribution in [3.05, 3.63) is 59.2 Å². The number of hydrogen-bond donors (Lipinski definition) is 0. The van der Waals surface area contributed by atoms with Gasteiger partial charge in [-0.1, -0.05) is 30.7 Å². The van der Waals surface area contributed by atoms with Gasteiger partial charge in [0.1, 0.15) is 5.82 Å². The highest BCUT2D eigenvalue weighted by molar-refractivity contribution is 7.20. The number of benzene rings is 2. The first-order valence-corrected chi connectivity index (χ1v) is 10.7. The van der Waals surface area contributed by atoms with Crippen LogP contribution < -0.4 is 0 Å². The summed E-state index contributed by atoms with van der Waals surface area (Å²) in [5, 5.41) is 1.05. The molecule has 1 amide bonds. The van der Waals surface area contributed by atoms with Crippen LogP contribution in [-0.2, 0) is 0 Å². The lowest BCUT2D eigenvalue weighted by atomic mass is 10.0. The van der Waals surface area contributed by atoms with Gasteiger partial charge in [0.25, 0.3) is 5.91 Å². The average molecular weight is 433 g/mol. The van der Waals surface area contributed by atoms with Crippen LogP contribution >= 0.6 is 23.7 Å². The monoisotopic (exact) mass is 432 g/mol. The zero-order valence-electron chi connectivity index (χ0n) is 16.6. The largest absolute Gasteiger partial charge is 0.340 e. The van der Waals surface area contributed by atoms with E-state index in [-0.39, 0.29) is 24.1 Å². The van der Waals surface area contributed by atoms with Gasteiger partial charge in [0.15, 0.2) is 0 Å². The molecule has 3 nitrogen and oxygen atoms in total. The first kappa shape index (κ1) is 21.8. The Balaban J connectivity index is 0.00000240. The summed E-state index contributed by atoms with van der Waals surface area (Å²) >= 11 is 1.53. The highest BCUT2D eigenvalue weighted by atomic mass is 35.5. The highest BCUT2D eigenvalue weighted by Crippen LogP contribution is 2.34. The van der Waals surface area contributed by atoms with Crippen LogP contribution in [0, 0.1) is 5.82 Å². The number of halogens is 2. The number of nitrogens with zero attached hydrogens (tertiary/aromatic N) is 2. The number of carbonyl (C=O) groups is 1. The first-order chi connectivity index (χ1) is 13.6. The molecule has 6 heteroatoms. The number of thiophene rings is 1. The van der Waals surface area contributed by atoms with Crippen LogP contribution in [-0.4, -0.2) is 48.9 Å². The number of hydrogen-bond acceptors (Lipinski definition) is 3. The molecule has 1 aliphatic heterocycles. The van der Waals surface area contributed by atoms with Crippen molar-refractivity contribution in [3.8, 4) is 11.1 Å². The minimum atomic E-state index is -0.243. The van der Waals surface area contributed by atoms with E-state index in [0.717, 1.165) is 52.3 Å². The Morgan fingerprint density at radius 1 is 1.10 bits per heavy atom. The van der Waals surface area contributed by atoms with E-state index in [2.05, 4.69) is 4.90 Å². The predicted octanol–water partition coefficient (Wildman–Crippen LogP) is 5.69. The van der Waals surface area contributed by atoms with Crippen LogP contribution in [0.3, 0.4) is 0 Å². The van der Waals surface area contributed by atoms with Crippen molar-refractivity contribution in [2.24, 2.45) is 0 Å². The molecule has 0 radical (unpaired) electrons. The molecule has 1 aromatic heterocycles. The number of carbonyl (C=O) groups excluding carboxylic acids is 1. The van der Waals surface area contributed by atoms with Crippen molar-refractivity contribution in [2.45, 2.75) is 19.3 Å². The molecule has 0 spiro atoms. The molecule has 1 saturated heterocycles. The van der Waals surface area contributed by atoms with Gasteiger partial charge in [-0.25, -0.2) is 4.39 Å². The van der Waals surface area contributed by atoms with Crippen molar-refractivity contribution < 1.29 is 9.18 Å². The lowest BCUT2D eigenvalue weighted by Gasteiger charge is -2.28. The second kappa shape index (κ2) is 9.70. The van der Waals surface area contributed by atoms with Crippen molar-refractivity contribution in [1.82, 2.24) is 9.80 Å². The number of rotatable bonds is 5. The molecule has 0 aliphatic carbocycles. The third-order valence-electron chi connectivity index (χ3n) is 5.47. The third-order valence-corrected chi connectivity index (χ3v) is 6.56. The highest BCUT2D eigenvalue weighted by Gasteiger charge is 2.18. The molecule has 1 fully saturated rings. The smallest absolute Gasteiger partial charge is 0.263 e. The molecule has 0 saturated carbocycles. The number of likely N-dealkylation sites (N-methyl/N-ethyl adjacent to an activating group) is 1. The molecule has 0 bridgehead atoms. The molecule has 154 valence electrons. The molecule has 4 rings (SSSR count). The Bertz CT molecular complexity index is 967. The van der Waals surface area contributed by atoms with E-state index in [0.29, 0.717) is 0 Å². The Hall–Kier alpha value is -1.95. The molecular weight excluding hydrogens is 407 g/mol. The molecule has 1 aliphatic rings. The van der Waals surface area contributed by atoms with E-state index in [4.69, 9.17) is 0 Å². The summed E-state index contributed by atoms with van der Waals surface area (Å²) in [6.45, 7) is 3.98. The van der Waals surface area contributed by atoms with Crippen LogP contribution in [0.15, 0.2) is 48.5 Å². The second-order valence-electron chi connectivity index (χ2n) is 7.46. The summed E-state index contributed by atoms with van der Waals surface area (Å²) in [6, 6.07) is 14.6. The van der Waals surface area contributed by atoms with E-state index < -0.39 is 0 Å². The van der Waals surface area contributed by atoms with E-state index in [9.17, 15) is 9.18 Å². The fourth-order valence-corrected chi connectivity index (χ4v) is 4.89. The maximum Gasteiger partial charge on any atom is 0.263 e. The van der Waals surface area contributed by atoms with Crippen molar-refractivity contribution in [1.29, 1.82) is 0 Å². The maximum absolute atomic E-state index is 13.3. The minimum absolute atomic E-state index is 0. The van der Waals surface area contributed by atoms with Gasteiger partial charge in [0, 0.05) is 30.2 Å². The van der Waals surface area contributed by atoms with Crippen molar-refractivity contribution in [2.75, 3.05) is 33.2 Å². The molecule has 2 aromatic carbocycles. The van der Waals surface area contributed by atoms with Gasteiger partial charge in [-0.05, 0) is 61.3 Å². The normalized spacial score (nSPS) is 14.6. The summed E-state index contributed by atoms with van der Waals surface area (Å²) < 4.78 is 14.3. The standard InChI is InChI=1S/C23H25FN2OS.ClH/c1-25(14-15-26-12-3-2-4-13-26)23(27)22-16-20-19(6-5-7-21(20)28-22)17-8-10-18(24)11-9-17;/h5-11,16H,2-4,12-15H2,1H3;1H. The zero-order chi connectivity index (χ0) is 19.5. The lowest BCUT2D eigenvalue weighted by molar-refractivity contribution is 0.0777. The van der Waals surface area contributed by atoms with Gasteiger partial charge >= 0.3 is 0 Å². The van der Waals surface area contributed by atoms with Gasteiger partial charge in [-0.2, -0.15) is 0 Å². The number of piperidine rings is 1. The quantitative estimate of drug-likeness (QED) is 0.517. The van der Waals surface area contributed by atoms with Gasteiger partial charge in [0.05, 0.1) is 4.88 Å². The second-order valence-corrected chi connectivity index (χ2v) is 8.55. The summed E-state index contributed by atoms with van der Waals surface area (Å²) in [4.78, 5) is 18.0. The van der Waals surface area contributed by atoms with Crippen molar-refractivity contribution in [3.63, 3.8) is 0 Å². The van der Waals surface area contributed by atoms with E-state index in [1.54, 1.807) is 12.1 Å². The molecule has 29 heavy (non-hydrogen) atoms. The summed E-state index contributed by atoms with van der Waals surface area (Å²) in [5.74, 6) is -0.171. The number of fused-ring (bicyclic) bond motifs is 1. The van der Waals surface area contributed by atoms with Crippen LogP contribution in [0.5, 0.6) is 0 Å². The van der Waals surface area contributed by atoms with Crippen LogP contribution in [0.2, 0.25) is 0 Å². The molecule has 3 aromatic rings. The first-order valence-electron chi connectivity index (χ1n) is 9.88. The molecular formula is C23H26ClFN2OS. The SMILES string of the molecule is CN(CCN1CCCCC1)C(=O)c1cc2c(-c3ccc(F)cc3)cccc2s1.Cl. The van der Waals surface area contributed by atoms with Gasteiger partial charge in [-0.3, -0.25) is 4.79 Å². The summed E-state index contributed by atoms with van der Waals surface area (Å²) in [5.41, 5.74) is 1.99. The summed E-state index contributed by atoms with van der Waals surface area (Å²) in [7, 11) is 1.89. The fourth-order valence-electron chi connectivity index (χ4n) is 3.81. The average Bonchev–Trinajstić information content (AvgIpc) is 3.17. The number of amides is 1. The minimum Gasteiger partial charge on any atom is -0.340 e. The van der Waals surface area contributed by atoms with Gasteiger partial charge < -0.3 is 9.80 Å². The topological polar surface area (TPSA) is 23.6 Å². The molecule has 0 N–H and O–H groups in total. The molecule has 0 unspecified atom stereocenters. The maximum atomic E-state index is 13.3. The third kappa shape index (κ3) is 4.97. The van der Waals surface area contributed by atoms with Crippen LogP contribution in [0.25, 0.3) is 21.2 Å².